The number of rotatable bonds is 4. The van der Waals surface area contributed by atoms with Gasteiger partial charge in [-0.15, -0.1) is 0 Å². The van der Waals surface area contributed by atoms with Crippen molar-refractivity contribution in [1.82, 2.24) is 14.4 Å². The molecule has 0 unspecified atom stereocenters. The Balaban J connectivity index is 1.52. The minimum atomic E-state index is 0.365. The van der Waals surface area contributed by atoms with Gasteiger partial charge < -0.3 is 9.47 Å². The largest absolute Gasteiger partial charge is 0.347 e. The highest BCUT2D eigenvalue weighted by Crippen LogP contribution is 2.26. The van der Waals surface area contributed by atoms with E-state index in [1.807, 2.05) is 0 Å². The van der Waals surface area contributed by atoms with E-state index in [-0.39, 0.29) is 0 Å². The third-order valence-electron chi connectivity index (χ3n) is 5.64. The first-order valence-electron chi connectivity index (χ1n) is 9.35. The van der Waals surface area contributed by atoms with Crippen molar-refractivity contribution in [3.05, 3.63) is 36.0 Å². The van der Waals surface area contributed by atoms with Crippen molar-refractivity contribution in [3.8, 4) is 0 Å². The summed E-state index contributed by atoms with van der Waals surface area (Å²) in [5.41, 5.74) is 2.75. The number of fused-ring (bicyclic) bond motifs is 1. The van der Waals surface area contributed by atoms with Gasteiger partial charge >= 0.3 is 0 Å². The van der Waals surface area contributed by atoms with E-state index in [1.165, 1.54) is 29.3 Å². The third kappa shape index (κ3) is 2.84. The number of para-hydroxylation sites is 1. The molecule has 1 aromatic carbocycles. The van der Waals surface area contributed by atoms with E-state index in [9.17, 15) is 4.79 Å². The molecule has 0 saturated carbocycles. The number of aryl methyl sites for hydroxylation is 1. The number of aromatic nitrogens is 1. The van der Waals surface area contributed by atoms with E-state index in [2.05, 4.69) is 51.8 Å². The smallest absolute Gasteiger partial charge is 0.222 e. The van der Waals surface area contributed by atoms with E-state index in [0.717, 1.165) is 45.6 Å². The number of likely N-dealkylation sites (tertiary alicyclic amines) is 2. The van der Waals surface area contributed by atoms with Gasteiger partial charge in [0.05, 0.1) is 0 Å². The van der Waals surface area contributed by atoms with Gasteiger partial charge in [-0.3, -0.25) is 9.69 Å². The topological polar surface area (TPSA) is 28.5 Å². The Kier molecular flexibility index (Phi) is 4.31. The second-order valence-corrected chi connectivity index (χ2v) is 7.18. The summed E-state index contributed by atoms with van der Waals surface area (Å²) in [6.07, 6.45) is 6.47. The summed E-state index contributed by atoms with van der Waals surface area (Å²) in [6, 6.07) is 9.13. The minimum absolute atomic E-state index is 0.365. The number of carbonyl (C=O) groups excluding carboxylic acids is 1. The molecule has 1 atom stereocenters. The van der Waals surface area contributed by atoms with E-state index in [1.54, 1.807) is 0 Å². The van der Waals surface area contributed by atoms with Crippen molar-refractivity contribution in [2.75, 3.05) is 19.6 Å². The molecule has 0 bridgehead atoms. The predicted molar refractivity (Wildman–Crippen MR) is 96.9 cm³/mol. The fraction of sp³-hybridized carbons (Fsp3) is 0.550. The molecule has 4 heteroatoms. The van der Waals surface area contributed by atoms with Gasteiger partial charge in [0.2, 0.25) is 5.91 Å². The Labute approximate surface area is 144 Å². The lowest BCUT2D eigenvalue weighted by molar-refractivity contribution is -0.130. The average Bonchev–Trinajstić information content (AvgIpc) is 3.19. The van der Waals surface area contributed by atoms with Crippen LogP contribution in [0.25, 0.3) is 10.9 Å². The quantitative estimate of drug-likeness (QED) is 0.863. The Morgan fingerprint density at radius 2 is 2.04 bits per heavy atom. The average molecular weight is 325 g/mol. The molecule has 24 heavy (non-hydrogen) atoms. The molecular weight excluding hydrogens is 298 g/mol. The SMILES string of the molecule is CCn1cc(CN2CCC[C@@H](N3CCCC3=O)C2)c2ccccc21. The zero-order valence-corrected chi connectivity index (χ0v) is 14.6. The molecular formula is C20H27N3O. The maximum Gasteiger partial charge on any atom is 0.222 e. The van der Waals surface area contributed by atoms with Crippen molar-refractivity contribution in [1.29, 1.82) is 0 Å². The third-order valence-corrected chi connectivity index (χ3v) is 5.64. The number of benzene rings is 1. The number of nitrogens with zero attached hydrogens (tertiary/aromatic N) is 3. The molecule has 2 fully saturated rings. The summed E-state index contributed by atoms with van der Waals surface area (Å²) in [7, 11) is 0. The monoisotopic (exact) mass is 325 g/mol. The summed E-state index contributed by atoms with van der Waals surface area (Å²) >= 11 is 0. The first-order chi connectivity index (χ1) is 11.8. The summed E-state index contributed by atoms with van der Waals surface area (Å²) in [5, 5.41) is 1.37. The van der Waals surface area contributed by atoms with Gasteiger partial charge in [0.15, 0.2) is 0 Å². The standard InChI is InChI=1S/C20H27N3O/c1-2-22-14-16(18-8-3-4-9-19(18)22)13-21-11-5-7-17(15-21)23-12-6-10-20(23)24/h3-4,8-9,14,17H,2,5-7,10-13,15H2,1H3/t17-/m1/s1. The summed E-state index contributed by atoms with van der Waals surface area (Å²) < 4.78 is 2.34. The molecule has 2 saturated heterocycles. The summed E-state index contributed by atoms with van der Waals surface area (Å²) in [6.45, 7) is 7.33. The lowest BCUT2D eigenvalue weighted by Gasteiger charge is -2.37. The first kappa shape index (κ1) is 15.7. The Bertz CT molecular complexity index is 736. The van der Waals surface area contributed by atoms with Gasteiger partial charge in [-0.25, -0.2) is 0 Å². The van der Waals surface area contributed by atoms with E-state index < -0.39 is 0 Å². The van der Waals surface area contributed by atoms with Crippen LogP contribution in [0.15, 0.2) is 30.5 Å². The van der Waals surface area contributed by atoms with Crippen LogP contribution in [0.1, 0.15) is 38.2 Å². The normalized spacial score (nSPS) is 22.6. The van der Waals surface area contributed by atoms with Crippen molar-refractivity contribution in [2.45, 2.75) is 51.7 Å². The van der Waals surface area contributed by atoms with Gasteiger partial charge in [0.25, 0.3) is 0 Å². The highest BCUT2D eigenvalue weighted by Gasteiger charge is 2.31. The molecule has 3 heterocycles. The fourth-order valence-corrected chi connectivity index (χ4v) is 4.44. The van der Waals surface area contributed by atoms with E-state index >= 15 is 0 Å². The number of piperidine rings is 1. The lowest BCUT2D eigenvalue weighted by Crippen LogP contribution is -2.48. The first-order valence-corrected chi connectivity index (χ1v) is 9.35. The van der Waals surface area contributed by atoms with Gasteiger partial charge in [-0.2, -0.15) is 0 Å². The summed E-state index contributed by atoms with van der Waals surface area (Å²) in [5.74, 6) is 0.365. The number of carbonyl (C=O) groups is 1. The molecule has 128 valence electrons. The number of hydrogen-bond acceptors (Lipinski definition) is 2. The Hall–Kier alpha value is -1.81. The predicted octanol–water partition coefficient (Wildman–Crippen LogP) is 3.25. The zero-order valence-electron chi connectivity index (χ0n) is 14.6. The van der Waals surface area contributed by atoms with Crippen LogP contribution >= 0.6 is 0 Å². The van der Waals surface area contributed by atoms with Gasteiger partial charge in [-0.1, -0.05) is 18.2 Å². The highest BCUT2D eigenvalue weighted by molar-refractivity contribution is 5.84. The van der Waals surface area contributed by atoms with Crippen LogP contribution in [0.5, 0.6) is 0 Å². The lowest BCUT2D eigenvalue weighted by atomic mass is 10.0. The van der Waals surface area contributed by atoms with Crippen LogP contribution in [0.4, 0.5) is 0 Å². The van der Waals surface area contributed by atoms with Crippen molar-refractivity contribution >= 4 is 16.8 Å². The molecule has 0 N–H and O–H groups in total. The van der Waals surface area contributed by atoms with Crippen LogP contribution in [0.2, 0.25) is 0 Å². The van der Waals surface area contributed by atoms with Gasteiger partial charge in [0, 0.05) is 55.7 Å². The second-order valence-electron chi connectivity index (χ2n) is 7.18. The molecule has 4 rings (SSSR count). The van der Waals surface area contributed by atoms with Crippen molar-refractivity contribution < 1.29 is 4.79 Å². The van der Waals surface area contributed by atoms with E-state index in [0.29, 0.717) is 11.9 Å². The van der Waals surface area contributed by atoms with Crippen LogP contribution in [0, 0.1) is 0 Å². The Morgan fingerprint density at radius 1 is 1.17 bits per heavy atom. The van der Waals surface area contributed by atoms with E-state index in [4.69, 9.17) is 0 Å². The maximum absolute atomic E-state index is 12.1. The molecule has 0 aliphatic carbocycles. The number of hydrogen-bond donors (Lipinski definition) is 0. The van der Waals surface area contributed by atoms with Crippen LogP contribution in [-0.2, 0) is 17.9 Å². The minimum Gasteiger partial charge on any atom is -0.347 e. The second kappa shape index (κ2) is 6.60. The maximum atomic E-state index is 12.1. The molecule has 2 aliphatic heterocycles. The molecule has 0 spiro atoms. The van der Waals surface area contributed by atoms with Crippen LogP contribution < -0.4 is 0 Å². The zero-order chi connectivity index (χ0) is 16.5. The fourth-order valence-electron chi connectivity index (χ4n) is 4.44. The van der Waals surface area contributed by atoms with Crippen LogP contribution in [0.3, 0.4) is 0 Å². The van der Waals surface area contributed by atoms with Gasteiger partial charge in [0.1, 0.15) is 0 Å². The molecule has 2 aromatic rings. The molecule has 1 amide bonds. The Morgan fingerprint density at radius 3 is 2.83 bits per heavy atom. The summed E-state index contributed by atoms with van der Waals surface area (Å²) in [4.78, 5) is 16.7. The van der Waals surface area contributed by atoms with Crippen molar-refractivity contribution in [3.63, 3.8) is 0 Å². The molecule has 2 aliphatic rings. The molecule has 0 radical (unpaired) electrons. The van der Waals surface area contributed by atoms with Gasteiger partial charge in [-0.05, 0) is 44.4 Å². The number of amides is 1. The van der Waals surface area contributed by atoms with Crippen LogP contribution in [-0.4, -0.2) is 46.0 Å². The highest BCUT2D eigenvalue weighted by atomic mass is 16.2. The van der Waals surface area contributed by atoms with Crippen molar-refractivity contribution in [2.24, 2.45) is 0 Å². The molecule has 4 nitrogen and oxygen atoms in total. The molecule has 1 aromatic heterocycles.